The molecule has 0 bridgehead atoms. The highest BCUT2D eigenvalue weighted by molar-refractivity contribution is 6.33. The fraction of sp³-hybridized carbons (Fsp3) is 0.385. The molecule has 0 atom stereocenters. The number of halogens is 2. The minimum absolute atomic E-state index is 0.0440. The maximum Gasteiger partial charge on any atom is 0.261 e. The number of hydrogen-bond donors (Lipinski definition) is 0. The average molecular weight is 497 g/mol. The van der Waals surface area contributed by atoms with Crippen LogP contribution in [0.1, 0.15) is 52.2 Å². The van der Waals surface area contributed by atoms with Gasteiger partial charge in [-0.3, -0.25) is 19.0 Å². The van der Waals surface area contributed by atoms with Crippen molar-refractivity contribution < 1.29 is 14.0 Å². The van der Waals surface area contributed by atoms with E-state index in [0.29, 0.717) is 49.2 Å². The number of rotatable bonds is 2. The van der Waals surface area contributed by atoms with E-state index in [2.05, 4.69) is 0 Å². The molecular weight excluding hydrogens is 471 g/mol. The van der Waals surface area contributed by atoms with Gasteiger partial charge >= 0.3 is 0 Å². The molecule has 182 valence electrons. The molecule has 0 radical (unpaired) electrons. The summed E-state index contributed by atoms with van der Waals surface area (Å²) in [5.41, 5.74) is 1.22. The van der Waals surface area contributed by atoms with Crippen LogP contribution in [-0.2, 0) is 13.0 Å². The molecule has 1 aromatic heterocycles. The summed E-state index contributed by atoms with van der Waals surface area (Å²) in [6.07, 6.45) is 4.99. The zero-order chi connectivity index (χ0) is 24.5. The monoisotopic (exact) mass is 496 g/mol. The van der Waals surface area contributed by atoms with Gasteiger partial charge in [0.2, 0.25) is 0 Å². The zero-order valence-corrected chi connectivity index (χ0v) is 20.1. The molecule has 3 aromatic rings. The number of amides is 2. The van der Waals surface area contributed by atoms with E-state index in [0.717, 1.165) is 44.0 Å². The first-order valence-corrected chi connectivity index (χ1v) is 12.4. The number of carbonyl (C=O) groups excluding carboxylic acids is 2. The SMILES string of the molecule is O=C(c1ccc2c(=O)n3c(nc2c1)CCCCCC3)N1CCN(C(=O)c2ccc(F)cc2Cl)CC1. The Balaban J connectivity index is 1.32. The third-order valence-corrected chi connectivity index (χ3v) is 7.14. The molecular formula is C26H26ClFN4O3. The molecule has 1 fully saturated rings. The predicted molar refractivity (Wildman–Crippen MR) is 131 cm³/mol. The summed E-state index contributed by atoms with van der Waals surface area (Å²) < 4.78 is 15.1. The molecule has 1 saturated heterocycles. The summed E-state index contributed by atoms with van der Waals surface area (Å²) in [6, 6.07) is 8.78. The number of benzene rings is 2. The molecule has 35 heavy (non-hydrogen) atoms. The number of aryl methyl sites for hydroxylation is 1. The Labute approximate surface area is 207 Å². The van der Waals surface area contributed by atoms with E-state index >= 15 is 0 Å². The second-order valence-corrected chi connectivity index (χ2v) is 9.50. The molecule has 0 aliphatic carbocycles. The van der Waals surface area contributed by atoms with Gasteiger partial charge in [-0.15, -0.1) is 0 Å². The lowest BCUT2D eigenvalue weighted by atomic mass is 10.1. The molecule has 0 unspecified atom stereocenters. The van der Waals surface area contributed by atoms with Gasteiger partial charge in [0.05, 0.1) is 21.5 Å². The molecule has 2 amide bonds. The second kappa shape index (κ2) is 9.77. The van der Waals surface area contributed by atoms with Crippen LogP contribution < -0.4 is 5.56 Å². The molecule has 0 N–H and O–H groups in total. The van der Waals surface area contributed by atoms with E-state index in [9.17, 15) is 18.8 Å². The summed E-state index contributed by atoms with van der Waals surface area (Å²) in [6.45, 7) is 2.10. The lowest BCUT2D eigenvalue weighted by molar-refractivity contribution is 0.0535. The minimum atomic E-state index is -0.499. The van der Waals surface area contributed by atoms with Crippen molar-refractivity contribution in [2.45, 2.75) is 38.6 Å². The lowest BCUT2D eigenvalue weighted by Crippen LogP contribution is -2.50. The normalized spacial score (nSPS) is 16.5. The van der Waals surface area contributed by atoms with Crippen LogP contribution in [0.25, 0.3) is 10.9 Å². The van der Waals surface area contributed by atoms with Gasteiger partial charge in [-0.1, -0.05) is 24.4 Å². The molecule has 0 spiro atoms. The van der Waals surface area contributed by atoms with Crippen molar-refractivity contribution in [2.24, 2.45) is 0 Å². The third kappa shape index (κ3) is 4.67. The van der Waals surface area contributed by atoms with E-state index in [1.54, 1.807) is 32.6 Å². The van der Waals surface area contributed by atoms with Crippen molar-refractivity contribution in [3.8, 4) is 0 Å². The van der Waals surface area contributed by atoms with E-state index in [1.807, 2.05) is 0 Å². The second-order valence-electron chi connectivity index (χ2n) is 9.09. The minimum Gasteiger partial charge on any atom is -0.335 e. The van der Waals surface area contributed by atoms with E-state index in [1.165, 1.54) is 12.1 Å². The Bertz CT molecular complexity index is 1360. The fourth-order valence-corrected chi connectivity index (χ4v) is 5.10. The van der Waals surface area contributed by atoms with Crippen LogP contribution in [0.2, 0.25) is 5.02 Å². The van der Waals surface area contributed by atoms with Crippen molar-refractivity contribution in [2.75, 3.05) is 26.2 Å². The Morgan fingerprint density at radius 2 is 1.57 bits per heavy atom. The van der Waals surface area contributed by atoms with Gasteiger partial charge in [0.15, 0.2) is 0 Å². The number of carbonyl (C=O) groups is 2. The van der Waals surface area contributed by atoms with Gasteiger partial charge in [0.25, 0.3) is 17.4 Å². The maximum absolute atomic E-state index is 13.3. The van der Waals surface area contributed by atoms with Crippen LogP contribution in [0.5, 0.6) is 0 Å². The standard InChI is InChI=1S/C26H26ClFN4O3/c27-21-16-18(28)7-9-19(21)25(34)31-13-11-30(12-14-31)24(33)17-6-8-20-22(15-17)29-23-5-3-1-2-4-10-32(23)26(20)35/h6-9,15-16H,1-5,10-14H2. The summed E-state index contributed by atoms with van der Waals surface area (Å²) in [5.74, 6) is -0.152. The Morgan fingerprint density at radius 3 is 2.31 bits per heavy atom. The smallest absolute Gasteiger partial charge is 0.261 e. The zero-order valence-electron chi connectivity index (χ0n) is 19.3. The molecule has 7 nitrogen and oxygen atoms in total. The molecule has 2 aliphatic heterocycles. The Hall–Kier alpha value is -3.26. The first-order chi connectivity index (χ1) is 16.9. The average Bonchev–Trinajstić information content (AvgIpc) is 2.84. The highest BCUT2D eigenvalue weighted by Crippen LogP contribution is 2.21. The summed E-state index contributed by atoms with van der Waals surface area (Å²) >= 11 is 6.04. The van der Waals surface area contributed by atoms with Crippen molar-refractivity contribution in [1.29, 1.82) is 0 Å². The number of nitrogens with zero attached hydrogens (tertiary/aromatic N) is 4. The van der Waals surface area contributed by atoms with Crippen LogP contribution >= 0.6 is 11.6 Å². The van der Waals surface area contributed by atoms with Gasteiger partial charge in [-0.25, -0.2) is 9.37 Å². The molecule has 2 aliphatic rings. The van der Waals surface area contributed by atoms with Crippen molar-refractivity contribution >= 4 is 34.3 Å². The molecule has 5 rings (SSSR count). The van der Waals surface area contributed by atoms with Crippen molar-refractivity contribution in [3.63, 3.8) is 0 Å². The van der Waals surface area contributed by atoms with Crippen LogP contribution in [0.3, 0.4) is 0 Å². The van der Waals surface area contributed by atoms with E-state index < -0.39 is 5.82 Å². The number of fused-ring (bicyclic) bond motifs is 2. The van der Waals surface area contributed by atoms with Gasteiger partial charge in [0, 0.05) is 44.7 Å². The van der Waals surface area contributed by atoms with E-state index in [-0.39, 0.29) is 28.0 Å². The highest BCUT2D eigenvalue weighted by atomic mass is 35.5. The number of piperazine rings is 1. The van der Waals surface area contributed by atoms with Gasteiger partial charge in [-0.05, 0) is 49.2 Å². The predicted octanol–water partition coefficient (Wildman–Crippen LogP) is 3.90. The number of hydrogen-bond acceptors (Lipinski definition) is 4. The fourth-order valence-electron chi connectivity index (χ4n) is 4.86. The van der Waals surface area contributed by atoms with Crippen molar-refractivity contribution in [3.05, 3.63) is 74.5 Å². The Kier molecular flexibility index (Phi) is 6.56. The van der Waals surface area contributed by atoms with Gasteiger partial charge in [0.1, 0.15) is 11.6 Å². The summed E-state index contributed by atoms with van der Waals surface area (Å²) in [5, 5.41) is 0.596. The van der Waals surface area contributed by atoms with Crippen LogP contribution in [0.4, 0.5) is 4.39 Å². The first-order valence-electron chi connectivity index (χ1n) is 12.0. The maximum atomic E-state index is 13.3. The van der Waals surface area contributed by atoms with Crippen LogP contribution in [0, 0.1) is 5.82 Å². The van der Waals surface area contributed by atoms with Gasteiger partial charge < -0.3 is 9.80 Å². The molecule has 2 aromatic carbocycles. The molecule has 0 saturated carbocycles. The van der Waals surface area contributed by atoms with Crippen molar-refractivity contribution in [1.82, 2.24) is 19.4 Å². The topological polar surface area (TPSA) is 75.5 Å². The largest absolute Gasteiger partial charge is 0.335 e. The van der Waals surface area contributed by atoms with E-state index in [4.69, 9.17) is 16.6 Å². The van der Waals surface area contributed by atoms with Crippen LogP contribution in [-0.4, -0.2) is 57.3 Å². The Morgan fingerprint density at radius 1 is 0.857 bits per heavy atom. The lowest BCUT2D eigenvalue weighted by Gasteiger charge is -2.35. The quantitative estimate of drug-likeness (QED) is 0.539. The first kappa shape index (κ1) is 23.5. The highest BCUT2D eigenvalue weighted by Gasteiger charge is 2.27. The summed E-state index contributed by atoms with van der Waals surface area (Å²) in [4.78, 5) is 47.1. The molecule has 3 heterocycles. The number of aromatic nitrogens is 2. The van der Waals surface area contributed by atoms with Crippen LogP contribution in [0.15, 0.2) is 41.2 Å². The summed E-state index contributed by atoms with van der Waals surface area (Å²) in [7, 11) is 0. The third-order valence-electron chi connectivity index (χ3n) is 6.83. The molecule has 9 heteroatoms. The van der Waals surface area contributed by atoms with Gasteiger partial charge in [-0.2, -0.15) is 0 Å².